The van der Waals surface area contributed by atoms with Crippen LogP contribution in [0.25, 0.3) is 0 Å². The van der Waals surface area contributed by atoms with Crippen molar-refractivity contribution in [1.82, 2.24) is 5.32 Å². The number of benzene rings is 1. The van der Waals surface area contributed by atoms with Crippen molar-refractivity contribution in [3.05, 3.63) is 33.8 Å². The van der Waals surface area contributed by atoms with E-state index in [1.165, 1.54) is 11.1 Å². The molecule has 2 heterocycles. The Morgan fingerprint density at radius 1 is 1.10 bits per heavy atom. The van der Waals surface area contributed by atoms with Crippen LogP contribution in [0.15, 0.2) is 22.7 Å². The Morgan fingerprint density at radius 2 is 1.90 bits per heavy atom. The zero-order valence-corrected chi connectivity index (χ0v) is 13.5. The van der Waals surface area contributed by atoms with Gasteiger partial charge in [0.1, 0.15) is 0 Å². The van der Waals surface area contributed by atoms with Crippen LogP contribution >= 0.6 is 15.9 Å². The van der Waals surface area contributed by atoms with Crippen molar-refractivity contribution >= 4 is 15.9 Å². The van der Waals surface area contributed by atoms with Gasteiger partial charge in [-0.3, -0.25) is 0 Å². The number of halogens is 1. The van der Waals surface area contributed by atoms with Crippen molar-refractivity contribution in [2.24, 2.45) is 0 Å². The maximum absolute atomic E-state index is 5.73. The van der Waals surface area contributed by atoms with E-state index >= 15 is 0 Å². The molecule has 0 radical (unpaired) electrons. The highest BCUT2D eigenvalue weighted by atomic mass is 79.9. The first kappa shape index (κ1) is 14.5. The Bertz CT molecular complexity index is 460. The van der Waals surface area contributed by atoms with Gasteiger partial charge >= 0.3 is 0 Å². The summed E-state index contributed by atoms with van der Waals surface area (Å²) in [5.74, 6) is 0.617. The predicted molar refractivity (Wildman–Crippen MR) is 83.1 cm³/mol. The van der Waals surface area contributed by atoms with Crippen molar-refractivity contribution in [2.45, 2.75) is 37.8 Å². The van der Waals surface area contributed by atoms with Crippen molar-refractivity contribution in [3.63, 3.8) is 0 Å². The molecule has 0 aliphatic carbocycles. The molecule has 2 unspecified atom stereocenters. The first-order valence-electron chi connectivity index (χ1n) is 7.45. The lowest BCUT2D eigenvalue weighted by Crippen LogP contribution is -2.42. The largest absolute Gasteiger partial charge is 0.381 e. The highest BCUT2D eigenvalue weighted by Crippen LogP contribution is 2.34. The van der Waals surface area contributed by atoms with Crippen molar-refractivity contribution < 1.29 is 9.47 Å². The SMILES string of the molecule is CC1COCC(c2cc(Br)ccc2C2CCOCC2)N1. The van der Waals surface area contributed by atoms with E-state index in [-0.39, 0.29) is 0 Å². The molecule has 0 amide bonds. The summed E-state index contributed by atoms with van der Waals surface area (Å²) in [4.78, 5) is 0. The topological polar surface area (TPSA) is 30.5 Å². The average molecular weight is 340 g/mol. The minimum atomic E-state index is 0.300. The molecule has 0 saturated carbocycles. The summed E-state index contributed by atoms with van der Waals surface area (Å²) in [5, 5.41) is 3.66. The fourth-order valence-electron chi connectivity index (χ4n) is 3.21. The van der Waals surface area contributed by atoms with Crippen LogP contribution in [-0.2, 0) is 9.47 Å². The third-order valence-electron chi connectivity index (χ3n) is 4.22. The maximum atomic E-state index is 5.73. The van der Waals surface area contributed by atoms with Gasteiger partial charge in [0.15, 0.2) is 0 Å². The highest BCUT2D eigenvalue weighted by Gasteiger charge is 2.26. The second-order valence-electron chi connectivity index (χ2n) is 5.82. The van der Waals surface area contributed by atoms with E-state index in [9.17, 15) is 0 Å². The van der Waals surface area contributed by atoms with E-state index in [2.05, 4.69) is 46.4 Å². The quantitative estimate of drug-likeness (QED) is 0.895. The third kappa shape index (κ3) is 3.25. The molecule has 3 rings (SSSR count). The Morgan fingerprint density at radius 3 is 2.65 bits per heavy atom. The molecule has 2 atom stereocenters. The lowest BCUT2D eigenvalue weighted by Gasteiger charge is -2.33. The van der Waals surface area contributed by atoms with Gasteiger partial charge in [-0.1, -0.05) is 22.0 Å². The van der Waals surface area contributed by atoms with Gasteiger partial charge in [0.05, 0.1) is 19.3 Å². The molecular formula is C16H22BrNO2. The van der Waals surface area contributed by atoms with Crippen LogP contribution in [0.3, 0.4) is 0 Å². The summed E-state index contributed by atoms with van der Waals surface area (Å²) in [7, 11) is 0. The summed E-state index contributed by atoms with van der Waals surface area (Å²) in [5.41, 5.74) is 2.85. The van der Waals surface area contributed by atoms with Crippen LogP contribution in [0.4, 0.5) is 0 Å². The summed E-state index contributed by atoms with van der Waals surface area (Å²) >= 11 is 3.61. The first-order chi connectivity index (χ1) is 9.74. The normalized spacial score (nSPS) is 28.5. The van der Waals surface area contributed by atoms with Gasteiger partial charge in [0.2, 0.25) is 0 Å². The van der Waals surface area contributed by atoms with Gasteiger partial charge in [-0.25, -0.2) is 0 Å². The first-order valence-corrected chi connectivity index (χ1v) is 8.24. The number of hydrogen-bond donors (Lipinski definition) is 1. The number of morpholine rings is 1. The second kappa shape index (κ2) is 6.56. The zero-order valence-electron chi connectivity index (χ0n) is 11.9. The van der Waals surface area contributed by atoms with E-state index in [1.54, 1.807) is 0 Å². The smallest absolute Gasteiger partial charge is 0.0662 e. The van der Waals surface area contributed by atoms with Crippen molar-refractivity contribution in [3.8, 4) is 0 Å². The Hall–Kier alpha value is -0.420. The fourth-order valence-corrected chi connectivity index (χ4v) is 3.59. The van der Waals surface area contributed by atoms with Crippen LogP contribution in [-0.4, -0.2) is 32.5 Å². The molecule has 0 aromatic heterocycles. The van der Waals surface area contributed by atoms with Crippen LogP contribution in [0.2, 0.25) is 0 Å². The minimum absolute atomic E-state index is 0.300. The summed E-state index contributed by atoms with van der Waals surface area (Å²) in [6.07, 6.45) is 2.25. The average Bonchev–Trinajstić information content (AvgIpc) is 2.48. The van der Waals surface area contributed by atoms with E-state index in [1.807, 2.05) is 0 Å². The monoisotopic (exact) mass is 339 g/mol. The Balaban J connectivity index is 1.89. The third-order valence-corrected chi connectivity index (χ3v) is 4.72. The van der Waals surface area contributed by atoms with Gasteiger partial charge in [0.25, 0.3) is 0 Å². The molecule has 4 heteroatoms. The number of ether oxygens (including phenoxy) is 2. The predicted octanol–water partition coefficient (Wildman–Crippen LogP) is 3.39. The van der Waals surface area contributed by atoms with Crippen LogP contribution in [0, 0.1) is 0 Å². The zero-order chi connectivity index (χ0) is 13.9. The summed E-state index contributed by atoms with van der Waals surface area (Å²) in [6.45, 7) is 5.50. The maximum Gasteiger partial charge on any atom is 0.0662 e. The molecule has 2 fully saturated rings. The fraction of sp³-hybridized carbons (Fsp3) is 0.625. The molecule has 0 bridgehead atoms. The molecule has 20 heavy (non-hydrogen) atoms. The Kier molecular flexibility index (Phi) is 4.76. The molecule has 2 saturated heterocycles. The number of nitrogens with one attached hydrogen (secondary N) is 1. The van der Waals surface area contributed by atoms with E-state index in [0.717, 1.165) is 43.7 Å². The number of hydrogen-bond acceptors (Lipinski definition) is 3. The standard InChI is InChI=1S/C16H22BrNO2/c1-11-9-20-10-16(18-11)15-8-13(17)2-3-14(15)12-4-6-19-7-5-12/h2-3,8,11-12,16,18H,4-7,9-10H2,1H3. The van der Waals surface area contributed by atoms with Gasteiger partial charge in [-0.05, 0) is 48.9 Å². The summed E-state index contributed by atoms with van der Waals surface area (Å²) < 4.78 is 12.4. The van der Waals surface area contributed by atoms with Crippen molar-refractivity contribution in [1.29, 1.82) is 0 Å². The molecule has 3 nitrogen and oxygen atoms in total. The number of rotatable bonds is 2. The van der Waals surface area contributed by atoms with Gasteiger partial charge in [-0.15, -0.1) is 0 Å². The van der Waals surface area contributed by atoms with Crippen LogP contribution in [0.5, 0.6) is 0 Å². The van der Waals surface area contributed by atoms with Gasteiger partial charge < -0.3 is 14.8 Å². The van der Waals surface area contributed by atoms with E-state index in [0.29, 0.717) is 18.0 Å². The molecule has 2 aliphatic heterocycles. The van der Waals surface area contributed by atoms with Gasteiger partial charge in [-0.2, -0.15) is 0 Å². The highest BCUT2D eigenvalue weighted by molar-refractivity contribution is 9.10. The molecule has 0 spiro atoms. The molecule has 110 valence electrons. The molecular weight excluding hydrogens is 318 g/mol. The van der Waals surface area contributed by atoms with E-state index < -0.39 is 0 Å². The van der Waals surface area contributed by atoms with Gasteiger partial charge in [0, 0.05) is 23.7 Å². The van der Waals surface area contributed by atoms with Crippen LogP contribution < -0.4 is 5.32 Å². The molecule has 2 aliphatic rings. The lowest BCUT2D eigenvalue weighted by atomic mass is 9.85. The molecule has 1 N–H and O–H groups in total. The molecule has 1 aromatic carbocycles. The molecule has 1 aromatic rings. The minimum Gasteiger partial charge on any atom is -0.381 e. The second-order valence-corrected chi connectivity index (χ2v) is 6.73. The van der Waals surface area contributed by atoms with E-state index in [4.69, 9.17) is 9.47 Å². The lowest BCUT2D eigenvalue weighted by molar-refractivity contribution is 0.0493. The van der Waals surface area contributed by atoms with Crippen molar-refractivity contribution in [2.75, 3.05) is 26.4 Å². The summed E-state index contributed by atoms with van der Waals surface area (Å²) in [6, 6.07) is 7.39. The van der Waals surface area contributed by atoms with Crippen LogP contribution in [0.1, 0.15) is 42.9 Å². The Labute approximate surface area is 129 Å².